The van der Waals surface area contributed by atoms with Crippen LogP contribution in [0.5, 0.6) is 0 Å². The summed E-state index contributed by atoms with van der Waals surface area (Å²) >= 11 is 0. The van der Waals surface area contributed by atoms with Crippen molar-refractivity contribution in [3.63, 3.8) is 0 Å². The van der Waals surface area contributed by atoms with Crippen LogP contribution >= 0.6 is 0 Å². The van der Waals surface area contributed by atoms with Crippen LogP contribution in [0.15, 0.2) is 78.3 Å². The Kier molecular flexibility index (Phi) is 5.02. The van der Waals surface area contributed by atoms with Gasteiger partial charge in [0.05, 0.1) is 28.6 Å². The minimum absolute atomic E-state index is 0.0328. The van der Waals surface area contributed by atoms with Crippen LogP contribution in [-0.2, 0) is 9.59 Å². The number of halogens is 1. The SMILES string of the molecule is NC(=O)C1CC(C(=O)Nc2ccc(-n3cnc4ccccc43)nc2)=NN1c1ccc(F)cc1. The molecule has 1 unspecified atom stereocenters. The van der Waals surface area contributed by atoms with Crippen molar-refractivity contribution >= 4 is 39.9 Å². The lowest BCUT2D eigenvalue weighted by atomic mass is 10.1. The number of rotatable bonds is 5. The summed E-state index contributed by atoms with van der Waals surface area (Å²) in [5, 5.41) is 8.33. The predicted octanol–water partition coefficient (Wildman–Crippen LogP) is 2.62. The van der Waals surface area contributed by atoms with E-state index in [0.29, 0.717) is 17.2 Å². The molecule has 9 nitrogen and oxygen atoms in total. The van der Waals surface area contributed by atoms with Gasteiger partial charge in [0.15, 0.2) is 0 Å². The molecule has 0 saturated heterocycles. The Morgan fingerprint density at radius 1 is 1.03 bits per heavy atom. The van der Waals surface area contributed by atoms with E-state index in [1.807, 2.05) is 28.8 Å². The van der Waals surface area contributed by atoms with E-state index in [-0.39, 0.29) is 12.1 Å². The van der Waals surface area contributed by atoms with Gasteiger partial charge in [-0.2, -0.15) is 5.10 Å². The lowest BCUT2D eigenvalue weighted by Gasteiger charge is -2.20. The quantitative estimate of drug-likeness (QED) is 0.492. The molecule has 1 atom stereocenters. The third-order valence-electron chi connectivity index (χ3n) is 5.30. The molecule has 10 heteroatoms. The Bertz CT molecular complexity index is 1380. The van der Waals surface area contributed by atoms with E-state index in [1.54, 1.807) is 18.5 Å². The Labute approximate surface area is 187 Å². The van der Waals surface area contributed by atoms with Crippen LogP contribution in [0.2, 0.25) is 0 Å². The van der Waals surface area contributed by atoms with Gasteiger partial charge in [0.1, 0.15) is 29.7 Å². The Hall–Kier alpha value is -4.60. The zero-order valence-electron chi connectivity index (χ0n) is 17.2. The summed E-state index contributed by atoms with van der Waals surface area (Å²) < 4.78 is 15.1. The number of nitrogens with two attached hydrogens (primary N) is 1. The number of anilines is 2. The molecule has 5 rings (SSSR count). The molecule has 33 heavy (non-hydrogen) atoms. The van der Waals surface area contributed by atoms with Gasteiger partial charge in [-0.05, 0) is 48.5 Å². The number of aromatic nitrogens is 3. The number of nitrogens with zero attached hydrogens (tertiary/aromatic N) is 5. The van der Waals surface area contributed by atoms with E-state index >= 15 is 0 Å². The molecule has 4 aromatic rings. The molecule has 0 fully saturated rings. The van der Waals surface area contributed by atoms with Gasteiger partial charge in [-0.3, -0.25) is 19.2 Å². The Balaban J connectivity index is 1.34. The van der Waals surface area contributed by atoms with Gasteiger partial charge in [0, 0.05) is 6.42 Å². The molecule has 0 aliphatic carbocycles. The second-order valence-corrected chi connectivity index (χ2v) is 7.45. The molecule has 1 aliphatic heterocycles. The number of amides is 2. The van der Waals surface area contributed by atoms with Gasteiger partial charge in [-0.1, -0.05) is 12.1 Å². The van der Waals surface area contributed by atoms with Crippen molar-refractivity contribution in [2.24, 2.45) is 10.8 Å². The summed E-state index contributed by atoms with van der Waals surface area (Å²) in [5.74, 6) is -0.885. The first kappa shape index (κ1) is 20.3. The molecular weight excluding hydrogens is 425 g/mol. The highest BCUT2D eigenvalue weighted by molar-refractivity contribution is 6.44. The number of hydrazone groups is 1. The first-order chi connectivity index (χ1) is 16.0. The zero-order chi connectivity index (χ0) is 22.9. The average Bonchev–Trinajstić information content (AvgIpc) is 3.45. The number of carbonyl (C=O) groups is 2. The average molecular weight is 443 g/mol. The van der Waals surface area contributed by atoms with Crippen molar-refractivity contribution in [1.82, 2.24) is 14.5 Å². The van der Waals surface area contributed by atoms with Gasteiger partial charge < -0.3 is 11.1 Å². The van der Waals surface area contributed by atoms with E-state index in [0.717, 1.165) is 11.0 Å². The van der Waals surface area contributed by atoms with Gasteiger partial charge in [-0.15, -0.1) is 0 Å². The van der Waals surface area contributed by atoms with Gasteiger partial charge in [-0.25, -0.2) is 14.4 Å². The number of imidazole rings is 1. The second kappa shape index (κ2) is 8.15. The number of hydrogen-bond donors (Lipinski definition) is 2. The molecule has 164 valence electrons. The maximum absolute atomic E-state index is 13.3. The number of para-hydroxylation sites is 2. The van der Waals surface area contributed by atoms with Crippen molar-refractivity contribution in [2.45, 2.75) is 12.5 Å². The first-order valence-electron chi connectivity index (χ1n) is 10.1. The van der Waals surface area contributed by atoms with Crippen LogP contribution in [-0.4, -0.2) is 38.1 Å². The Morgan fingerprint density at radius 3 is 2.55 bits per heavy atom. The number of pyridine rings is 1. The number of hydrogen-bond acceptors (Lipinski definition) is 6. The van der Waals surface area contributed by atoms with Crippen LogP contribution in [0.3, 0.4) is 0 Å². The zero-order valence-corrected chi connectivity index (χ0v) is 17.2. The summed E-state index contributed by atoms with van der Waals surface area (Å²) in [6, 6.07) is 15.8. The topological polar surface area (TPSA) is 118 Å². The van der Waals surface area contributed by atoms with E-state index in [4.69, 9.17) is 5.73 Å². The lowest BCUT2D eigenvalue weighted by molar-refractivity contribution is -0.119. The summed E-state index contributed by atoms with van der Waals surface area (Å²) in [4.78, 5) is 33.4. The van der Waals surface area contributed by atoms with Crippen LogP contribution < -0.4 is 16.1 Å². The highest BCUT2D eigenvalue weighted by atomic mass is 19.1. The van der Waals surface area contributed by atoms with E-state index < -0.39 is 23.7 Å². The van der Waals surface area contributed by atoms with Crippen molar-refractivity contribution in [1.29, 1.82) is 0 Å². The molecule has 0 saturated carbocycles. The van der Waals surface area contributed by atoms with Gasteiger partial charge in [0.2, 0.25) is 5.91 Å². The molecule has 1 aliphatic rings. The van der Waals surface area contributed by atoms with Crippen LogP contribution in [0.1, 0.15) is 6.42 Å². The predicted molar refractivity (Wildman–Crippen MR) is 121 cm³/mol. The minimum Gasteiger partial charge on any atom is -0.368 e. The summed E-state index contributed by atoms with van der Waals surface area (Å²) in [5.41, 5.74) is 8.32. The molecule has 3 heterocycles. The van der Waals surface area contributed by atoms with Crippen LogP contribution in [0.25, 0.3) is 16.9 Å². The summed E-state index contributed by atoms with van der Waals surface area (Å²) in [6.07, 6.45) is 3.25. The third-order valence-corrected chi connectivity index (χ3v) is 5.30. The third kappa shape index (κ3) is 3.89. The molecule has 2 aromatic carbocycles. The largest absolute Gasteiger partial charge is 0.368 e. The monoisotopic (exact) mass is 443 g/mol. The molecule has 2 aromatic heterocycles. The van der Waals surface area contributed by atoms with Crippen LogP contribution in [0.4, 0.5) is 15.8 Å². The fourth-order valence-electron chi connectivity index (χ4n) is 3.65. The number of nitrogens with one attached hydrogen (secondary N) is 1. The molecule has 0 spiro atoms. The first-order valence-corrected chi connectivity index (χ1v) is 10.1. The molecule has 3 N–H and O–H groups in total. The van der Waals surface area contributed by atoms with Gasteiger partial charge >= 0.3 is 0 Å². The molecule has 2 amide bonds. The van der Waals surface area contributed by atoms with E-state index in [9.17, 15) is 14.0 Å². The standard InChI is InChI=1S/C23H18FN7O2/c24-14-5-8-16(9-6-14)31-20(22(25)32)11-18(29-31)23(33)28-15-7-10-21(26-12-15)30-13-27-17-3-1-2-4-19(17)30/h1-10,12-13,20H,11H2,(H2,25,32)(H,28,33). The number of fused-ring (bicyclic) bond motifs is 1. The van der Waals surface area contributed by atoms with Crippen molar-refractivity contribution < 1.29 is 14.0 Å². The number of primary amides is 1. The van der Waals surface area contributed by atoms with Crippen molar-refractivity contribution in [3.05, 3.63) is 79.0 Å². The Morgan fingerprint density at radius 2 is 1.82 bits per heavy atom. The normalized spacial score (nSPS) is 15.5. The van der Waals surface area contributed by atoms with E-state index in [2.05, 4.69) is 20.4 Å². The van der Waals surface area contributed by atoms with E-state index in [1.165, 1.54) is 35.5 Å². The second-order valence-electron chi connectivity index (χ2n) is 7.45. The van der Waals surface area contributed by atoms with Crippen molar-refractivity contribution in [3.8, 4) is 5.82 Å². The lowest BCUT2D eigenvalue weighted by Crippen LogP contribution is -2.39. The molecular formula is C23H18FN7O2. The smallest absolute Gasteiger partial charge is 0.272 e. The fraction of sp³-hybridized carbons (Fsp3) is 0.0870. The minimum atomic E-state index is -0.841. The maximum Gasteiger partial charge on any atom is 0.272 e. The molecule has 0 radical (unpaired) electrons. The van der Waals surface area contributed by atoms with Gasteiger partial charge in [0.25, 0.3) is 5.91 Å². The van der Waals surface area contributed by atoms with Crippen LogP contribution in [0, 0.1) is 5.82 Å². The molecule has 0 bridgehead atoms. The maximum atomic E-state index is 13.3. The van der Waals surface area contributed by atoms with Crippen molar-refractivity contribution in [2.75, 3.05) is 10.3 Å². The number of carbonyl (C=O) groups excluding carboxylic acids is 2. The fourth-order valence-corrected chi connectivity index (χ4v) is 3.65. The number of benzene rings is 2. The highest BCUT2D eigenvalue weighted by Gasteiger charge is 2.35. The highest BCUT2D eigenvalue weighted by Crippen LogP contribution is 2.25. The summed E-state index contributed by atoms with van der Waals surface area (Å²) in [7, 11) is 0. The summed E-state index contributed by atoms with van der Waals surface area (Å²) in [6.45, 7) is 0.